The van der Waals surface area contributed by atoms with Gasteiger partial charge in [0.05, 0.1) is 5.69 Å². The first-order valence-corrected chi connectivity index (χ1v) is 6.40. The summed E-state index contributed by atoms with van der Waals surface area (Å²) in [7, 11) is 6.21. The molecule has 2 rings (SSSR count). The third kappa shape index (κ3) is 3.76. The molecular formula is C15H20N4. The SMILES string of the molecule is CN(C)CCN(C)c1ccc(-c2ccccn2)cn1. The normalized spacial score (nSPS) is 10.7. The third-order valence-electron chi connectivity index (χ3n) is 2.98. The first-order valence-electron chi connectivity index (χ1n) is 6.40. The lowest BCUT2D eigenvalue weighted by atomic mass is 10.2. The Morgan fingerprint density at radius 2 is 1.79 bits per heavy atom. The number of aromatic nitrogens is 2. The number of hydrogen-bond acceptors (Lipinski definition) is 4. The molecule has 0 saturated heterocycles. The van der Waals surface area contributed by atoms with Crippen molar-refractivity contribution in [3.63, 3.8) is 0 Å². The second-order valence-electron chi connectivity index (χ2n) is 4.84. The third-order valence-corrected chi connectivity index (χ3v) is 2.98. The molecule has 0 unspecified atom stereocenters. The number of pyridine rings is 2. The Bertz CT molecular complexity index is 493. The van der Waals surface area contributed by atoms with Crippen LogP contribution in [0, 0.1) is 0 Å². The van der Waals surface area contributed by atoms with Gasteiger partial charge in [-0.1, -0.05) is 6.07 Å². The van der Waals surface area contributed by atoms with Crippen molar-refractivity contribution in [1.82, 2.24) is 14.9 Å². The van der Waals surface area contributed by atoms with Crippen molar-refractivity contribution in [1.29, 1.82) is 0 Å². The van der Waals surface area contributed by atoms with Crippen molar-refractivity contribution in [2.75, 3.05) is 39.1 Å². The van der Waals surface area contributed by atoms with Crippen LogP contribution < -0.4 is 4.90 Å². The van der Waals surface area contributed by atoms with Gasteiger partial charge in [0.2, 0.25) is 0 Å². The molecule has 4 heteroatoms. The van der Waals surface area contributed by atoms with Gasteiger partial charge in [0.1, 0.15) is 5.82 Å². The van der Waals surface area contributed by atoms with Crippen LogP contribution in [0.5, 0.6) is 0 Å². The van der Waals surface area contributed by atoms with Gasteiger partial charge >= 0.3 is 0 Å². The molecule has 0 atom stereocenters. The van der Waals surface area contributed by atoms with Gasteiger partial charge in [-0.05, 0) is 38.4 Å². The molecule has 0 saturated carbocycles. The molecule has 0 N–H and O–H groups in total. The monoisotopic (exact) mass is 256 g/mol. The number of hydrogen-bond donors (Lipinski definition) is 0. The summed E-state index contributed by atoms with van der Waals surface area (Å²) in [6, 6.07) is 10.0. The molecule has 0 fully saturated rings. The van der Waals surface area contributed by atoms with Crippen molar-refractivity contribution in [2.24, 2.45) is 0 Å². The van der Waals surface area contributed by atoms with Crippen LogP contribution in [0.4, 0.5) is 5.82 Å². The Hall–Kier alpha value is -1.94. The van der Waals surface area contributed by atoms with Crippen LogP contribution in [-0.2, 0) is 0 Å². The average Bonchev–Trinajstić information content (AvgIpc) is 2.46. The topological polar surface area (TPSA) is 32.3 Å². The van der Waals surface area contributed by atoms with E-state index in [1.807, 2.05) is 30.5 Å². The van der Waals surface area contributed by atoms with Gasteiger partial charge in [0, 0.05) is 38.1 Å². The molecule has 100 valence electrons. The summed E-state index contributed by atoms with van der Waals surface area (Å²) >= 11 is 0. The number of rotatable bonds is 5. The van der Waals surface area contributed by atoms with Crippen molar-refractivity contribution in [2.45, 2.75) is 0 Å². The molecule has 19 heavy (non-hydrogen) atoms. The largest absolute Gasteiger partial charge is 0.358 e. The average molecular weight is 256 g/mol. The molecule has 0 aromatic carbocycles. The summed E-state index contributed by atoms with van der Waals surface area (Å²) in [4.78, 5) is 13.1. The van der Waals surface area contributed by atoms with E-state index in [9.17, 15) is 0 Å². The van der Waals surface area contributed by atoms with E-state index in [2.05, 4.69) is 47.0 Å². The van der Waals surface area contributed by atoms with Gasteiger partial charge in [0.15, 0.2) is 0 Å². The highest BCUT2D eigenvalue weighted by Gasteiger charge is 2.04. The smallest absolute Gasteiger partial charge is 0.128 e. The summed E-state index contributed by atoms with van der Waals surface area (Å²) in [6.07, 6.45) is 3.68. The Morgan fingerprint density at radius 3 is 2.37 bits per heavy atom. The quantitative estimate of drug-likeness (QED) is 0.820. The highest BCUT2D eigenvalue weighted by Crippen LogP contribution is 2.17. The molecule has 2 heterocycles. The molecular weight excluding hydrogens is 236 g/mol. The highest BCUT2D eigenvalue weighted by atomic mass is 15.2. The summed E-state index contributed by atoms with van der Waals surface area (Å²) in [6.45, 7) is 1.98. The van der Waals surface area contributed by atoms with E-state index in [0.29, 0.717) is 0 Å². The fourth-order valence-corrected chi connectivity index (χ4v) is 1.76. The standard InChI is InChI=1S/C15H20N4/c1-18(2)10-11-19(3)15-8-7-13(12-17-15)14-6-4-5-9-16-14/h4-9,12H,10-11H2,1-3H3. The lowest BCUT2D eigenvalue weighted by Gasteiger charge is -2.20. The van der Waals surface area contributed by atoms with Gasteiger partial charge in [0.25, 0.3) is 0 Å². The minimum Gasteiger partial charge on any atom is -0.358 e. The molecule has 0 spiro atoms. The maximum atomic E-state index is 4.50. The van der Waals surface area contributed by atoms with Crippen LogP contribution in [-0.4, -0.2) is 49.1 Å². The van der Waals surface area contributed by atoms with Gasteiger partial charge < -0.3 is 9.80 Å². The predicted octanol–water partition coefficient (Wildman–Crippen LogP) is 2.14. The number of likely N-dealkylation sites (N-methyl/N-ethyl adjacent to an activating group) is 2. The van der Waals surface area contributed by atoms with E-state index < -0.39 is 0 Å². The second kappa shape index (κ2) is 6.29. The van der Waals surface area contributed by atoms with E-state index in [1.54, 1.807) is 6.20 Å². The summed E-state index contributed by atoms with van der Waals surface area (Å²) < 4.78 is 0. The van der Waals surface area contributed by atoms with Gasteiger partial charge in [-0.3, -0.25) is 4.98 Å². The van der Waals surface area contributed by atoms with E-state index in [1.165, 1.54) is 0 Å². The van der Waals surface area contributed by atoms with Crippen molar-refractivity contribution < 1.29 is 0 Å². The second-order valence-corrected chi connectivity index (χ2v) is 4.84. The van der Waals surface area contributed by atoms with Crippen LogP contribution in [0.25, 0.3) is 11.3 Å². The van der Waals surface area contributed by atoms with Crippen LogP contribution in [0.1, 0.15) is 0 Å². The summed E-state index contributed by atoms with van der Waals surface area (Å²) in [5, 5.41) is 0. The highest BCUT2D eigenvalue weighted by molar-refractivity contribution is 5.59. The first-order chi connectivity index (χ1) is 9.16. The number of nitrogens with zero attached hydrogens (tertiary/aromatic N) is 4. The van der Waals surface area contributed by atoms with Crippen molar-refractivity contribution >= 4 is 5.82 Å². The van der Waals surface area contributed by atoms with Gasteiger partial charge in [-0.2, -0.15) is 0 Å². The lowest BCUT2D eigenvalue weighted by Crippen LogP contribution is -2.28. The maximum Gasteiger partial charge on any atom is 0.128 e. The minimum absolute atomic E-state index is 0.956. The van der Waals surface area contributed by atoms with Gasteiger partial charge in [-0.15, -0.1) is 0 Å². The van der Waals surface area contributed by atoms with E-state index >= 15 is 0 Å². The summed E-state index contributed by atoms with van der Waals surface area (Å²) in [5.41, 5.74) is 2.00. The van der Waals surface area contributed by atoms with Crippen LogP contribution in [0.2, 0.25) is 0 Å². The molecule has 0 bridgehead atoms. The van der Waals surface area contributed by atoms with E-state index in [-0.39, 0.29) is 0 Å². The van der Waals surface area contributed by atoms with E-state index in [4.69, 9.17) is 0 Å². The maximum absolute atomic E-state index is 4.50. The Labute approximate surface area is 114 Å². The zero-order chi connectivity index (χ0) is 13.7. The van der Waals surface area contributed by atoms with Crippen molar-refractivity contribution in [3.05, 3.63) is 42.7 Å². The molecule has 2 aromatic heterocycles. The Morgan fingerprint density at radius 1 is 0.947 bits per heavy atom. The predicted molar refractivity (Wildman–Crippen MR) is 79.3 cm³/mol. The minimum atomic E-state index is 0.956. The fourth-order valence-electron chi connectivity index (χ4n) is 1.76. The van der Waals surface area contributed by atoms with Gasteiger partial charge in [-0.25, -0.2) is 4.98 Å². The molecule has 0 aliphatic carbocycles. The zero-order valence-electron chi connectivity index (χ0n) is 11.7. The molecule has 0 amide bonds. The first kappa shape index (κ1) is 13.5. The molecule has 0 radical (unpaired) electrons. The van der Waals surface area contributed by atoms with Crippen LogP contribution in [0.15, 0.2) is 42.7 Å². The molecule has 0 aliphatic rings. The Balaban J connectivity index is 2.06. The van der Waals surface area contributed by atoms with E-state index in [0.717, 1.165) is 30.2 Å². The number of anilines is 1. The molecule has 2 aromatic rings. The Kier molecular flexibility index (Phi) is 4.47. The van der Waals surface area contributed by atoms with Crippen LogP contribution in [0.3, 0.4) is 0 Å². The van der Waals surface area contributed by atoms with Crippen LogP contribution >= 0.6 is 0 Å². The zero-order valence-corrected chi connectivity index (χ0v) is 11.7. The molecule has 0 aliphatic heterocycles. The molecule has 4 nitrogen and oxygen atoms in total. The fraction of sp³-hybridized carbons (Fsp3) is 0.333. The summed E-state index contributed by atoms with van der Waals surface area (Å²) in [5.74, 6) is 0.988. The lowest BCUT2D eigenvalue weighted by molar-refractivity contribution is 0.416. The van der Waals surface area contributed by atoms with Crippen molar-refractivity contribution in [3.8, 4) is 11.3 Å².